The van der Waals surface area contributed by atoms with E-state index >= 15 is 0 Å². The molecular formula is C16H28N4O. The Morgan fingerprint density at radius 3 is 2.62 bits per heavy atom. The van der Waals surface area contributed by atoms with Crippen molar-refractivity contribution in [2.75, 3.05) is 6.54 Å². The average molecular weight is 292 g/mol. The van der Waals surface area contributed by atoms with Gasteiger partial charge in [0, 0.05) is 36.4 Å². The smallest absolute Gasteiger partial charge is 0.244 e. The molecule has 1 amide bonds. The molecule has 1 N–H and O–H groups in total. The Labute approximate surface area is 127 Å². The van der Waals surface area contributed by atoms with Crippen molar-refractivity contribution in [3.63, 3.8) is 0 Å². The van der Waals surface area contributed by atoms with Crippen LogP contribution in [0.25, 0.3) is 0 Å². The normalized spacial score (nSPS) is 14.8. The molecule has 0 aromatic carbocycles. The Morgan fingerprint density at radius 2 is 2.10 bits per heavy atom. The highest BCUT2D eigenvalue weighted by atomic mass is 16.2. The maximum absolute atomic E-state index is 12.4. The summed E-state index contributed by atoms with van der Waals surface area (Å²) in [6, 6.07) is 0.917. The molecule has 5 heteroatoms. The van der Waals surface area contributed by atoms with E-state index in [0.29, 0.717) is 18.6 Å². The molecule has 0 unspecified atom stereocenters. The fourth-order valence-electron chi connectivity index (χ4n) is 2.69. The Kier molecular flexibility index (Phi) is 5.04. The number of hydrogen-bond donors (Lipinski definition) is 1. The number of aryl methyl sites for hydroxylation is 1. The van der Waals surface area contributed by atoms with E-state index in [4.69, 9.17) is 0 Å². The van der Waals surface area contributed by atoms with Crippen molar-refractivity contribution in [2.24, 2.45) is 0 Å². The monoisotopic (exact) mass is 292 g/mol. The molecule has 21 heavy (non-hydrogen) atoms. The summed E-state index contributed by atoms with van der Waals surface area (Å²) in [6.07, 6.45) is 2.31. The minimum absolute atomic E-state index is 0.189. The second-order valence-electron chi connectivity index (χ2n) is 6.25. The van der Waals surface area contributed by atoms with Crippen molar-refractivity contribution in [3.05, 3.63) is 17.0 Å². The van der Waals surface area contributed by atoms with Crippen LogP contribution in [-0.4, -0.2) is 39.2 Å². The van der Waals surface area contributed by atoms with Gasteiger partial charge in [-0.1, -0.05) is 13.8 Å². The molecule has 1 heterocycles. The van der Waals surface area contributed by atoms with Crippen LogP contribution in [0.2, 0.25) is 0 Å². The van der Waals surface area contributed by atoms with Crippen LogP contribution in [0.3, 0.4) is 0 Å². The molecule has 0 saturated heterocycles. The van der Waals surface area contributed by atoms with Crippen molar-refractivity contribution >= 4 is 5.91 Å². The van der Waals surface area contributed by atoms with Crippen molar-refractivity contribution in [1.29, 1.82) is 0 Å². The molecule has 1 aliphatic rings. The zero-order valence-electron chi connectivity index (χ0n) is 13.9. The molecule has 0 bridgehead atoms. The maximum Gasteiger partial charge on any atom is 0.244 e. The number of carbonyl (C=O) groups is 1. The first kappa shape index (κ1) is 16.0. The van der Waals surface area contributed by atoms with E-state index in [2.05, 4.69) is 38.1 Å². The third kappa shape index (κ3) is 3.84. The highest BCUT2D eigenvalue weighted by molar-refractivity contribution is 5.76. The zero-order chi connectivity index (χ0) is 15.6. The van der Waals surface area contributed by atoms with Gasteiger partial charge in [-0.15, -0.1) is 0 Å². The quantitative estimate of drug-likeness (QED) is 0.836. The highest BCUT2D eigenvalue weighted by Gasteiger charge is 2.31. The molecule has 5 nitrogen and oxygen atoms in total. The summed E-state index contributed by atoms with van der Waals surface area (Å²) in [4.78, 5) is 14.4. The lowest BCUT2D eigenvalue weighted by atomic mass is 10.2. The van der Waals surface area contributed by atoms with Crippen LogP contribution in [0.4, 0.5) is 0 Å². The van der Waals surface area contributed by atoms with E-state index in [0.717, 1.165) is 37.3 Å². The van der Waals surface area contributed by atoms with Gasteiger partial charge in [0.05, 0.1) is 5.69 Å². The predicted octanol–water partition coefficient (Wildman–Crippen LogP) is 2.01. The minimum Gasteiger partial charge on any atom is -0.338 e. The van der Waals surface area contributed by atoms with E-state index in [1.165, 1.54) is 5.56 Å². The van der Waals surface area contributed by atoms with Crippen molar-refractivity contribution in [3.8, 4) is 0 Å². The summed E-state index contributed by atoms with van der Waals surface area (Å²) < 4.78 is 1.86. The molecule has 1 aromatic heterocycles. The first-order valence-corrected chi connectivity index (χ1v) is 7.99. The van der Waals surface area contributed by atoms with Crippen molar-refractivity contribution in [2.45, 2.75) is 72.6 Å². The number of rotatable bonds is 7. The summed E-state index contributed by atoms with van der Waals surface area (Å²) in [5, 5.41) is 7.98. The SMILES string of the molecule is CCN(C(=O)Cn1nc(C)c(CNC(C)C)c1C)C1CC1. The molecule has 1 saturated carbocycles. The predicted molar refractivity (Wildman–Crippen MR) is 84.1 cm³/mol. The van der Waals surface area contributed by atoms with Gasteiger partial charge in [-0.3, -0.25) is 9.48 Å². The van der Waals surface area contributed by atoms with Crippen LogP contribution in [0.15, 0.2) is 0 Å². The third-order valence-corrected chi connectivity index (χ3v) is 4.15. The summed E-state index contributed by atoms with van der Waals surface area (Å²) >= 11 is 0. The van der Waals surface area contributed by atoms with Gasteiger partial charge in [0.2, 0.25) is 5.91 Å². The van der Waals surface area contributed by atoms with Crippen LogP contribution in [0, 0.1) is 13.8 Å². The minimum atomic E-state index is 0.189. The van der Waals surface area contributed by atoms with Gasteiger partial charge in [0.15, 0.2) is 0 Å². The van der Waals surface area contributed by atoms with Gasteiger partial charge in [-0.05, 0) is 33.6 Å². The number of amides is 1. The van der Waals surface area contributed by atoms with Crippen LogP contribution in [0.1, 0.15) is 50.6 Å². The van der Waals surface area contributed by atoms with Crippen LogP contribution in [0.5, 0.6) is 0 Å². The Morgan fingerprint density at radius 1 is 1.43 bits per heavy atom. The first-order valence-electron chi connectivity index (χ1n) is 7.99. The second kappa shape index (κ2) is 6.60. The lowest BCUT2D eigenvalue weighted by molar-refractivity contribution is -0.132. The average Bonchev–Trinajstić information content (AvgIpc) is 3.19. The lowest BCUT2D eigenvalue weighted by Crippen LogP contribution is -2.36. The number of likely N-dealkylation sites (N-methyl/N-ethyl adjacent to an activating group) is 1. The Hall–Kier alpha value is -1.36. The van der Waals surface area contributed by atoms with Gasteiger partial charge in [-0.2, -0.15) is 5.10 Å². The lowest BCUT2D eigenvalue weighted by Gasteiger charge is -2.20. The van der Waals surface area contributed by atoms with Crippen molar-refractivity contribution < 1.29 is 4.79 Å². The molecule has 0 aliphatic heterocycles. The largest absolute Gasteiger partial charge is 0.338 e. The number of aromatic nitrogens is 2. The zero-order valence-corrected chi connectivity index (χ0v) is 13.9. The standard InChI is InChI=1S/C16H28N4O/c1-6-19(14-7-8-14)16(21)10-20-13(5)15(12(4)18-20)9-17-11(2)3/h11,14,17H,6-10H2,1-5H3. The third-order valence-electron chi connectivity index (χ3n) is 4.15. The van der Waals surface area contributed by atoms with Gasteiger partial charge in [-0.25, -0.2) is 0 Å². The summed E-state index contributed by atoms with van der Waals surface area (Å²) in [5.41, 5.74) is 3.33. The fraction of sp³-hybridized carbons (Fsp3) is 0.750. The van der Waals surface area contributed by atoms with Crippen LogP contribution < -0.4 is 5.32 Å². The van der Waals surface area contributed by atoms with E-state index in [9.17, 15) is 4.79 Å². The van der Waals surface area contributed by atoms with Crippen LogP contribution in [-0.2, 0) is 17.9 Å². The van der Waals surface area contributed by atoms with E-state index in [1.54, 1.807) is 0 Å². The fourth-order valence-corrected chi connectivity index (χ4v) is 2.69. The highest BCUT2D eigenvalue weighted by Crippen LogP contribution is 2.27. The molecular weight excluding hydrogens is 264 g/mol. The van der Waals surface area contributed by atoms with Gasteiger partial charge in [0.1, 0.15) is 6.54 Å². The summed E-state index contributed by atoms with van der Waals surface area (Å²) in [5.74, 6) is 0.189. The van der Waals surface area contributed by atoms with E-state index in [1.807, 2.05) is 16.5 Å². The van der Waals surface area contributed by atoms with Gasteiger partial charge < -0.3 is 10.2 Å². The van der Waals surface area contributed by atoms with Gasteiger partial charge >= 0.3 is 0 Å². The molecule has 0 spiro atoms. The second-order valence-corrected chi connectivity index (χ2v) is 6.25. The summed E-state index contributed by atoms with van der Waals surface area (Å²) in [6.45, 7) is 12.4. The molecule has 1 aromatic rings. The number of nitrogens with zero attached hydrogens (tertiary/aromatic N) is 3. The molecule has 1 fully saturated rings. The van der Waals surface area contributed by atoms with Gasteiger partial charge in [0.25, 0.3) is 0 Å². The Balaban J connectivity index is 2.06. The maximum atomic E-state index is 12.4. The molecule has 118 valence electrons. The van der Waals surface area contributed by atoms with Crippen molar-refractivity contribution in [1.82, 2.24) is 20.0 Å². The van der Waals surface area contributed by atoms with E-state index in [-0.39, 0.29) is 5.91 Å². The molecule has 1 aliphatic carbocycles. The first-order chi connectivity index (χ1) is 9.93. The topological polar surface area (TPSA) is 50.2 Å². The number of nitrogens with one attached hydrogen (secondary N) is 1. The molecule has 2 rings (SSSR count). The van der Waals surface area contributed by atoms with Crippen LogP contribution >= 0.6 is 0 Å². The number of carbonyl (C=O) groups excluding carboxylic acids is 1. The van der Waals surface area contributed by atoms with E-state index < -0.39 is 0 Å². The molecule has 0 radical (unpaired) electrons. The number of hydrogen-bond acceptors (Lipinski definition) is 3. The molecule has 0 atom stereocenters. The summed E-state index contributed by atoms with van der Waals surface area (Å²) in [7, 11) is 0. The Bertz CT molecular complexity index is 503.